The monoisotopic (exact) mass is 728 g/mol. The second kappa shape index (κ2) is 15.9. The van der Waals surface area contributed by atoms with Crippen LogP contribution in [0.15, 0.2) is 36.5 Å². The summed E-state index contributed by atoms with van der Waals surface area (Å²) < 4.78 is 31.7. The molecular weight excluding hydrogens is 681 g/mol. The number of ether oxygens (including phenoxy) is 1. The van der Waals surface area contributed by atoms with Gasteiger partial charge in [-0.05, 0) is 82.4 Å². The zero-order valence-corrected chi connectivity index (χ0v) is 30.8. The van der Waals surface area contributed by atoms with E-state index in [1.54, 1.807) is 18.3 Å². The number of aromatic nitrogens is 1. The van der Waals surface area contributed by atoms with Crippen molar-refractivity contribution in [2.45, 2.75) is 95.5 Å². The Labute approximate surface area is 298 Å². The summed E-state index contributed by atoms with van der Waals surface area (Å²) in [5, 5.41) is 9.13. The van der Waals surface area contributed by atoms with Gasteiger partial charge in [0.15, 0.2) is 0 Å². The molecule has 4 N–H and O–H groups in total. The molecule has 272 valence electrons. The number of anilines is 1. The molecule has 3 fully saturated rings. The van der Waals surface area contributed by atoms with Gasteiger partial charge in [-0.25, -0.2) is 23.0 Å². The lowest BCUT2D eigenvalue weighted by molar-refractivity contribution is -0.124. The van der Waals surface area contributed by atoms with Gasteiger partial charge in [-0.3, -0.25) is 19.6 Å². The number of urea groups is 1. The largest absolute Gasteiger partial charge is 0.444 e. The molecule has 1 aliphatic heterocycles. The Bertz CT molecular complexity index is 1720. The Hall–Kier alpha value is -3.98. The lowest BCUT2D eigenvalue weighted by atomic mass is 10.1. The van der Waals surface area contributed by atoms with E-state index in [1.165, 1.54) is 11.9 Å². The van der Waals surface area contributed by atoms with Crippen LogP contribution in [0.3, 0.4) is 0 Å². The van der Waals surface area contributed by atoms with Gasteiger partial charge in [0.05, 0.1) is 17.0 Å². The number of amides is 5. The molecule has 3 aliphatic rings. The predicted octanol–water partition coefficient (Wildman–Crippen LogP) is 4.88. The van der Waals surface area contributed by atoms with E-state index in [9.17, 15) is 27.6 Å². The number of rotatable bonds is 15. The van der Waals surface area contributed by atoms with Crippen LogP contribution in [0.1, 0.15) is 75.7 Å². The summed E-state index contributed by atoms with van der Waals surface area (Å²) in [5.41, 5.74) is 2.33. The highest BCUT2D eigenvalue weighted by atomic mass is 32.2. The van der Waals surface area contributed by atoms with Crippen molar-refractivity contribution in [3.8, 4) is 10.6 Å². The topological polar surface area (TPSA) is 176 Å². The fourth-order valence-corrected chi connectivity index (χ4v) is 8.19. The Morgan fingerprint density at radius 1 is 1.12 bits per heavy atom. The third kappa shape index (κ3) is 9.22. The molecule has 1 saturated heterocycles. The third-order valence-electron chi connectivity index (χ3n) is 9.61. The minimum absolute atomic E-state index is 0.0710. The van der Waals surface area contributed by atoms with Gasteiger partial charge in [-0.15, -0.1) is 11.3 Å². The van der Waals surface area contributed by atoms with E-state index in [-0.39, 0.29) is 30.7 Å². The highest BCUT2D eigenvalue weighted by Crippen LogP contribution is 2.44. The SMILES string of the molecule is CCc1cnc(-c2ccc(C)cc2NC(=O)O[C@@H]2C[C@@H](C(=O)NC)N(C(=O)NCCCCC/C=C\[C@@H]3CC3C(=O)NS(=O)(=O)C3(C)CC3)C2)s1. The summed E-state index contributed by atoms with van der Waals surface area (Å²) in [7, 11) is -2.10. The number of unbranched alkanes of at least 4 members (excludes halogenated alkanes) is 3. The van der Waals surface area contributed by atoms with E-state index in [0.29, 0.717) is 31.5 Å². The van der Waals surface area contributed by atoms with E-state index in [4.69, 9.17) is 4.74 Å². The molecule has 5 amide bonds. The van der Waals surface area contributed by atoms with Crippen molar-refractivity contribution in [1.29, 1.82) is 0 Å². The number of sulfonamides is 1. The molecule has 50 heavy (non-hydrogen) atoms. The van der Waals surface area contributed by atoms with Gasteiger partial charge in [-0.2, -0.15) is 0 Å². The van der Waals surface area contributed by atoms with Crippen molar-refractivity contribution in [3.05, 3.63) is 47.0 Å². The number of carbonyl (C=O) groups excluding carboxylic acids is 4. The van der Waals surface area contributed by atoms with Crippen LogP contribution in [0.5, 0.6) is 0 Å². The normalized spacial score (nSPS) is 22.2. The smallest absolute Gasteiger partial charge is 0.411 e. The molecule has 13 nitrogen and oxygen atoms in total. The van der Waals surface area contributed by atoms with E-state index < -0.39 is 44.9 Å². The lowest BCUT2D eigenvalue weighted by Gasteiger charge is -2.23. The molecule has 2 saturated carbocycles. The molecular formula is C35H48N6O7S2. The van der Waals surface area contributed by atoms with Crippen LogP contribution in [0.25, 0.3) is 10.6 Å². The summed E-state index contributed by atoms with van der Waals surface area (Å²) in [6.07, 6.45) is 10.7. The molecule has 0 spiro atoms. The van der Waals surface area contributed by atoms with Gasteiger partial charge in [-0.1, -0.05) is 31.6 Å². The molecule has 15 heteroatoms. The van der Waals surface area contributed by atoms with Crippen LogP contribution in [0.2, 0.25) is 0 Å². The van der Waals surface area contributed by atoms with Gasteiger partial charge >= 0.3 is 12.1 Å². The Balaban J connectivity index is 1.02. The number of allylic oxidation sites excluding steroid dienone is 2. The maximum atomic E-state index is 13.1. The van der Waals surface area contributed by atoms with Crippen molar-refractivity contribution in [3.63, 3.8) is 0 Å². The van der Waals surface area contributed by atoms with E-state index in [2.05, 4.69) is 32.6 Å². The Morgan fingerprint density at radius 3 is 2.60 bits per heavy atom. The molecule has 1 unspecified atom stereocenters. The van der Waals surface area contributed by atoms with Gasteiger partial charge in [0.2, 0.25) is 21.8 Å². The zero-order valence-electron chi connectivity index (χ0n) is 29.1. The minimum Gasteiger partial charge on any atom is -0.444 e. The number of hydrogen-bond donors (Lipinski definition) is 4. The zero-order chi connectivity index (χ0) is 36.1. The molecule has 4 atom stereocenters. The van der Waals surface area contributed by atoms with Crippen molar-refractivity contribution >= 4 is 51.0 Å². The number of nitrogens with one attached hydrogen (secondary N) is 4. The third-order valence-corrected chi connectivity index (χ3v) is 13.0. The quantitative estimate of drug-likeness (QED) is 0.148. The highest BCUT2D eigenvalue weighted by molar-refractivity contribution is 7.91. The first kappa shape index (κ1) is 37.3. The lowest BCUT2D eigenvalue weighted by Crippen LogP contribution is -2.49. The molecule has 1 aromatic heterocycles. The number of benzene rings is 1. The van der Waals surface area contributed by atoms with Gasteiger partial charge in [0.25, 0.3) is 0 Å². The van der Waals surface area contributed by atoms with Crippen LogP contribution < -0.4 is 20.7 Å². The molecule has 5 rings (SSSR count). The van der Waals surface area contributed by atoms with E-state index in [1.807, 2.05) is 43.5 Å². The van der Waals surface area contributed by atoms with Gasteiger partial charge in [0, 0.05) is 42.6 Å². The Kier molecular flexibility index (Phi) is 11.9. The number of hydrogen-bond acceptors (Lipinski definition) is 9. The second-order valence-corrected chi connectivity index (χ2v) is 17.0. The van der Waals surface area contributed by atoms with Gasteiger partial charge in [0.1, 0.15) is 17.2 Å². The summed E-state index contributed by atoms with van der Waals surface area (Å²) in [4.78, 5) is 58.2. The van der Waals surface area contributed by atoms with E-state index in [0.717, 1.165) is 53.1 Å². The number of aryl methyl sites for hydroxylation is 2. The fraction of sp³-hybridized carbons (Fsp3) is 0.571. The average Bonchev–Trinajstić information content (AvgIpc) is 3.93. The maximum Gasteiger partial charge on any atom is 0.411 e. The van der Waals surface area contributed by atoms with Crippen LogP contribution in [-0.4, -0.2) is 79.3 Å². The molecule has 0 bridgehead atoms. The summed E-state index contributed by atoms with van der Waals surface area (Å²) in [6.45, 7) is 6.17. The summed E-state index contributed by atoms with van der Waals surface area (Å²) >= 11 is 1.57. The Morgan fingerprint density at radius 2 is 1.90 bits per heavy atom. The first-order valence-corrected chi connectivity index (χ1v) is 19.7. The van der Waals surface area contributed by atoms with Crippen molar-refractivity contribution < 1.29 is 32.3 Å². The number of likely N-dealkylation sites (N-methyl/N-ethyl adjacent to an activating group) is 1. The van der Waals surface area contributed by atoms with Crippen LogP contribution >= 0.6 is 11.3 Å². The standard InChI is InChI=1S/C35H48N6O7S2/c1-5-25-20-38-32(49-25)26-13-12-22(2)17-28(26)39-34(45)48-24-19-29(31(43)36-4)41(21-24)33(44)37-16-10-8-6-7-9-11-23-18-27(23)30(42)40-50(46,47)35(3)14-15-35/h9,11-13,17,20,23-24,27,29H,5-8,10,14-16,18-19,21H2,1-4H3,(H,36,43)(H,37,44)(H,39,45)(H,40,42)/b11-9-/t23-,24-,27?,29+/m1/s1. The number of nitrogens with zero attached hydrogens (tertiary/aromatic N) is 2. The second-order valence-electron chi connectivity index (χ2n) is 13.6. The molecule has 2 aromatic rings. The number of carbonyl (C=O) groups is 4. The predicted molar refractivity (Wildman–Crippen MR) is 192 cm³/mol. The van der Waals surface area contributed by atoms with Crippen LogP contribution in [0, 0.1) is 18.8 Å². The molecule has 1 aromatic carbocycles. The maximum absolute atomic E-state index is 13.1. The van der Waals surface area contributed by atoms with Crippen molar-refractivity contribution in [2.24, 2.45) is 11.8 Å². The average molecular weight is 729 g/mol. The minimum atomic E-state index is -3.60. The van der Waals surface area contributed by atoms with Crippen molar-refractivity contribution in [1.82, 2.24) is 25.2 Å². The van der Waals surface area contributed by atoms with Crippen molar-refractivity contribution in [2.75, 3.05) is 25.5 Å². The fourth-order valence-electron chi connectivity index (χ4n) is 5.99. The van der Waals surface area contributed by atoms with Crippen LogP contribution in [-0.2, 0) is 30.8 Å². The summed E-state index contributed by atoms with van der Waals surface area (Å²) in [6, 6.07) is 4.57. The first-order chi connectivity index (χ1) is 23.8. The molecule has 2 heterocycles. The summed E-state index contributed by atoms with van der Waals surface area (Å²) in [5.74, 6) is -0.952. The molecule has 2 aliphatic carbocycles. The highest BCUT2D eigenvalue weighted by Gasteiger charge is 2.52. The van der Waals surface area contributed by atoms with Gasteiger partial charge < -0.3 is 20.3 Å². The first-order valence-electron chi connectivity index (χ1n) is 17.4. The van der Waals surface area contributed by atoms with Crippen LogP contribution in [0.4, 0.5) is 15.3 Å². The molecule has 0 radical (unpaired) electrons. The number of thiazole rings is 1. The number of likely N-dealkylation sites (tertiary alicyclic amines) is 1. The van der Waals surface area contributed by atoms with E-state index >= 15 is 0 Å².